The third-order valence-electron chi connectivity index (χ3n) is 4.51. The summed E-state index contributed by atoms with van der Waals surface area (Å²) in [4.78, 5) is 20.4. The van der Waals surface area contributed by atoms with Gasteiger partial charge in [-0.25, -0.2) is 4.98 Å². The third-order valence-corrected chi connectivity index (χ3v) is 5.70. The number of unbranched alkanes of at least 4 members (excludes halogenated alkanes) is 2. The molecule has 0 unspecified atom stereocenters. The van der Waals surface area contributed by atoms with Gasteiger partial charge in [0.25, 0.3) is 5.91 Å². The average Bonchev–Trinajstić information content (AvgIpc) is 3.05. The van der Waals surface area contributed by atoms with Crippen LogP contribution in [0.3, 0.4) is 0 Å². The number of ether oxygens (including phenoxy) is 2. The molecular weight excluding hydrogens is 360 g/mol. The molecule has 0 aliphatic carbocycles. The van der Waals surface area contributed by atoms with Crippen molar-refractivity contribution in [2.45, 2.75) is 53.0 Å². The van der Waals surface area contributed by atoms with Gasteiger partial charge in [-0.3, -0.25) is 4.79 Å². The number of carbonyl (C=O) groups excluding carboxylic acids is 1. The second-order valence-corrected chi connectivity index (χ2v) is 7.80. The van der Waals surface area contributed by atoms with Crippen LogP contribution in [0, 0.1) is 6.92 Å². The summed E-state index contributed by atoms with van der Waals surface area (Å²) >= 11 is 1.44. The number of rotatable bonds is 9. The highest BCUT2D eigenvalue weighted by molar-refractivity contribution is 7.17. The largest absolute Gasteiger partial charge is 0.493 e. The molecule has 0 aliphatic heterocycles. The first-order valence-electron chi connectivity index (χ1n) is 9.43. The van der Waals surface area contributed by atoms with Crippen molar-refractivity contribution in [3.8, 4) is 22.1 Å². The summed E-state index contributed by atoms with van der Waals surface area (Å²) in [5.74, 6) is 1.40. The first-order valence-corrected chi connectivity index (χ1v) is 10.2. The minimum atomic E-state index is 0.0721. The van der Waals surface area contributed by atoms with Crippen LogP contribution in [0.15, 0.2) is 18.2 Å². The number of nitrogens with zero attached hydrogens (tertiary/aromatic N) is 2. The maximum absolute atomic E-state index is 13.1. The van der Waals surface area contributed by atoms with Crippen LogP contribution in [0.1, 0.15) is 55.4 Å². The summed E-state index contributed by atoms with van der Waals surface area (Å²) in [6.45, 7) is 8.99. The first kappa shape index (κ1) is 21.2. The Labute approximate surface area is 166 Å². The van der Waals surface area contributed by atoms with Gasteiger partial charge >= 0.3 is 0 Å². The van der Waals surface area contributed by atoms with Crippen LogP contribution in [0.2, 0.25) is 0 Å². The van der Waals surface area contributed by atoms with Crippen molar-refractivity contribution >= 4 is 17.2 Å². The van der Waals surface area contributed by atoms with Gasteiger partial charge in [0, 0.05) is 18.2 Å². The first-order chi connectivity index (χ1) is 12.9. The van der Waals surface area contributed by atoms with E-state index >= 15 is 0 Å². The van der Waals surface area contributed by atoms with Crippen LogP contribution in [-0.2, 0) is 0 Å². The molecule has 1 amide bonds. The Hall–Kier alpha value is -2.08. The topological polar surface area (TPSA) is 51.7 Å². The number of carbonyl (C=O) groups is 1. The SMILES string of the molecule is CCCCCN(C(=O)c1sc(-c2ccc(OC)c(OC)c2)nc1C)C(C)C. The van der Waals surface area contributed by atoms with E-state index in [0.717, 1.165) is 42.1 Å². The van der Waals surface area contributed by atoms with Crippen LogP contribution in [0.25, 0.3) is 10.6 Å². The quantitative estimate of drug-likeness (QED) is 0.554. The highest BCUT2D eigenvalue weighted by Gasteiger charge is 2.24. The van der Waals surface area contributed by atoms with Gasteiger partial charge in [0.1, 0.15) is 9.88 Å². The van der Waals surface area contributed by atoms with E-state index in [2.05, 4.69) is 25.8 Å². The van der Waals surface area contributed by atoms with Crippen molar-refractivity contribution in [3.63, 3.8) is 0 Å². The number of benzene rings is 1. The molecule has 1 aromatic heterocycles. The molecule has 27 heavy (non-hydrogen) atoms. The minimum absolute atomic E-state index is 0.0721. The molecule has 6 heteroatoms. The molecule has 0 fully saturated rings. The second-order valence-electron chi connectivity index (χ2n) is 6.80. The number of hydrogen-bond acceptors (Lipinski definition) is 5. The summed E-state index contributed by atoms with van der Waals surface area (Å²) in [6.07, 6.45) is 3.30. The van der Waals surface area contributed by atoms with Gasteiger partial charge in [-0.05, 0) is 45.4 Å². The highest BCUT2D eigenvalue weighted by Crippen LogP contribution is 2.35. The number of hydrogen-bond donors (Lipinski definition) is 0. The maximum Gasteiger partial charge on any atom is 0.266 e. The summed E-state index contributed by atoms with van der Waals surface area (Å²) in [5.41, 5.74) is 1.69. The summed E-state index contributed by atoms with van der Waals surface area (Å²) in [5, 5.41) is 0.814. The fourth-order valence-electron chi connectivity index (χ4n) is 2.94. The number of aromatic nitrogens is 1. The van der Waals surface area contributed by atoms with Crippen LogP contribution in [0.4, 0.5) is 0 Å². The molecule has 0 atom stereocenters. The molecule has 1 aromatic carbocycles. The maximum atomic E-state index is 13.1. The van der Waals surface area contributed by atoms with Gasteiger partial charge in [-0.1, -0.05) is 19.8 Å². The Morgan fingerprint density at radius 1 is 1.19 bits per heavy atom. The zero-order valence-corrected chi connectivity index (χ0v) is 18.0. The zero-order valence-electron chi connectivity index (χ0n) is 17.2. The van der Waals surface area contributed by atoms with E-state index in [1.165, 1.54) is 11.3 Å². The monoisotopic (exact) mass is 390 g/mol. The smallest absolute Gasteiger partial charge is 0.266 e. The molecule has 0 N–H and O–H groups in total. The molecular formula is C21H30N2O3S. The molecule has 0 spiro atoms. The predicted octanol–water partition coefficient (Wildman–Crippen LogP) is 5.18. The van der Waals surface area contributed by atoms with Gasteiger partial charge in [0.2, 0.25) is 0 Å². The lowest BCUT2D eigenvalue weighted by molar-refractivity contribution is 0.0706. The lowest BCUT2D eigenvalue weighted by Crippen LogP contribution is -2.37. The summed E-state index contributed by atoms with van der Waals surface area (Å²) < 4.78 is 10.7. The average molecular weight is 391 g/mol. The number of aryl methyl sites for hydroxylation is 1. The van der Waals surface area contributed by atoms with Gasteiger partial charge in [0.15, 0.2) is 11.5 Å². The fraction of sp³-hybridized carbons (Fsp3) is 0.524. The molecule has 2 rings (SSSR count). The molecule has 2 aromatic rings. The Balaban J connectivity index is 2.30. The minimum Gasteiger partial charge on any atom is -0.493 e. The molecule has 0 radical (unpaired) electrons. The van der Waals surface area contributed by atoms with Gasteiger partial charge in [-0.15, -0.1) is 11.3 Å². The van der Waals surface area contributed by atoms with Crippen LogP contribution < -0.4 is 9.47 Å². The van der Waals surface area contributed by atoms with E-state index in [4.69, 9.17) is 9.47 Å². The van der Waals surface area contributed by atoms with Crippen LogP contribution in [-0.4, -0.2) is 42.6 Å². The third kappa shape index (κ3) is 5.01. The van der Waals surface area contributed by atoms with Crippen molar-refractivity contribution in [2.24, 2.45) is 0 Å². The van der Waals surface area contributed by atoms with E-state index in [9.17, 15) is 4.79 Å². The Morgan fingerprint density at radius 2 is 1.89 bits per heavy atom. The van der Waals surface area contributed by atoms with E-state index in [0.29, 0.717) is 16.4 Å². The lowest BCUT2D eigenvalue weighted by Gasteiger charge is -2.26. The Morgan fingerprint density at radius 3 is 2.48 bits per heavy atom. The van der Waals surface area contributed by atoms with Crippen molar-refractivity contribution in [1.82, 2.24) is 9.88 Å². The van der Waals surface area contributed by atoms with Crippen molar-refractivity contribution in [1.29, 1.82) is 0 Å². The van der Waals surface area contributed by atoms with Crippen molar-refractivity contribution in [2.75, 3.05) is 20.8 Å². The Bertz CT molecular complexity index is 771. The molecule has 0 aliphatic rings. The highest BCUT2D eigenvalue weighted by atomic mass is 32.1. The fourth-order valence-corrected chi connectivity index (χ4v) is 3.96. The number of amides is 1. The zero-order chi connectivity index (χ0) is 20.0. The normalized spacial score (nSPS) is 10.9. The van der Waals surface area contributed by atoms with Crippen molar-refractivity contribution < 1.29 is 14.3 Å². The predicted molar refractivity (Wildman–Crippen MR) is 111 cm³/mol. The Kier molecular flexibility index (Phi) is 7.66. The number of methoxy groups -OCH3 is 2. The van der Waals surface area contributed by atoms with E-state index < -0.39 is 0 Å². The van der Waals surface area contributed by atoms with E-state index in [1.807, 2.05) is 30.0 Å². The molecule has 0 bridgehead atoms. The lowest BCUT2D eigenvalue weighted by atomic mass is 10.2. The second kappa shape index (κ2) is 9.74. The number of thiazole rings is 1. The van der Waals surface area contributed by atoms with Crippen molar-refractivity contribution in [3.05, 3.63) is 28.8 Å². The molecule has 148 valence electrons. The molecule has 5 nitrogen and oxygen atoms in total. The van der Waals surface area contributed by atoms with E-state index in [-0.39, 0.29) is 11.9 Å². The van der Waals surface area contributed by atoms with Crippen LogP contribution in [0.5, 0.6) is 11.5 Å². The molecule has 0 saturated carbocycles. The van der Waals surface area contributed by atoms with Gasteiger partial charge in [-0.2, -0.15) is 0 Å². The molecule has 1 heterocycles. The standard InChI is InChI=1S/C21H30N2O3S/c1-7-8-9-12-23(14(2)3)21(24)19-15(4)22-20(27-19)16-10-11-17(25-5)18(13-16)26-6/h10-11,13-14H,7-9,12H2,1-6H3. The summed E-state index contributed by atoms with van der Waals surface area (Å²) in [6, 6.07) is 5.86. The van der Waals surface area contributed by atoms with Crippen LogP contribution >= 0.6 is 11.3 Å². The van der Waals surface area contributed by atoms with Gasteiger partial charge in [0.05, 0.1) is 19.9 Å². The summed E-state index contributed by atoms with van der Waals surface area (Å²) in [7, 11) is 3.22. The van der Waals surface area contributed by atoms with Gasteiger partial charge < -0.3 is 14.4 Å². The van der Waals surface area contributed by atoms with E-state index in [1.54, 1.807) is 14.2 Å². The molecule has 0 saturated heterocycles.